The van der Waals surface area contributed by atoms with Crippen LogP contribution in [0, 0.1) is 5.41 Å². The van der Waals surface area contributed by atoms with Gasteiger partial charge in [0.15, 0.2) is 0 Å². The molecule has 1 aliphatic heterocycles. The molecule has 0 bridgehead atoms. The number of esters is 1. The summed E-state index contributed by atoms with van der Waals surface area (Å²) >= 11 is 0. The van der Waals surface area contributed by atoms with E-state index in [1.807, 2.05) is 12.1 Å². The Morgan fingerprint density at radius 3 is 2.50 bits per heavy atom. The Morgan fingerprint density at radius 1 is 1.19 bits per heavy atom. The van der Waals surface area contributed by atoms with Gasteiger partial charge >= 0.3 is 5.97 Å². The molecule has 1 fully saturated rings. The molecular formula is C20H28N4O2. The van der Waals surface area contributed by atoms with Gasteiger partial charge in [0, 0.05) is 30.5 Å². The number of nitrogens with two attached hydrogens (primary N) is 1. The smallest absolute Gasteiger partial charge is 0.307 e. The van der Waals surface area contributed by atoms with Crippen LogP contribution in [-0.2, 0) is 9.53 Å². The minimum Gasteiger partial charge on any atom is -0.469 e. The first-order valence-electron chi connectivity index (χ1n) is 9.26. The van der Waals surface area contributed by atoms with E-state index in [9.17, 15) is 4.79 Å². The van der Waals surface area contributed by atoms with Crippen molar-refractivity contribution in [3.63, 3.8) is 0 Å². The quantitative estimate of drug-likeness (QED) is 0.465. The molecule has 0 radical (unpaired) electrons. The van der Waals surface area contributed by atoms with Crippen molar-refractivity contribution in [1.29, 1.82) is 5.41 Å². The standard InChI is InChI=1S/C20H28N4O2/c1-26-19(25)10-11-23-12-13-24(14-23)18-8-6-16(7-9-18)15-2-4-17(5-3-15)20(21)22/h2-5,12-13,16,18H,6-11,14H2,1H3,(H3,21,22). The predicted octanol–water partition coefficient (Wildman–Crippen LogP) is 2.61. The van der Waals surface area contributed by atoms with Gasteiger partial charge in [-0.1, -0.05) is 24.3 Å². The molecule has 26 heavy (non-hydrogen) atoms. The fourth-order valence-corrected chi connectivity index (χ4v) is 3.88. The number of methoxy groups -OCH3 is 1. The second kappa shape index (κ2) is 8.25. The first kappa shape index (κ1) is 18.3. The van der Waals surface area contributed by atoms with E-state index in [0.29, 0.717) is 24.9 Å². The van der Waals surface area contributed by atoms with E-state index in [1.165, 1.54) is 38.4 Å². The van der Waals surface area contributed by atoms with Crippen molar-refractivity contribution in [2.75, 3.05) is 20.3 Å². The van der Waals surface area contributed by atoms with Crippen molar-refractivity contribution in [1.82, 2.24) is 9.80 Å². The molecule has 1 aliphatic carbocycles. The minimum absolute atomic E-state index is 0.123. The van der Waals surface area contributed by atoms with Crippen LogP contribution in [0.5, 0.6) is 0 Å². The fourth-order valence-electron chi connectivity index (χ4n) is 3.88. The third kappa shape index (κ3) is 4.36. The van der Waals surface area contributed by atoms with E-state index in [4.69, 9.17) is 15.9 Å². The second-order valence-electron chi connectivity index (χ2n) is 7.13. The summed E-state index contributed by atoms with van der Waals surface area (Å²) in [7, 11) is 1.43. The van der Waals surface area contributed by atoms with Crippen LogP contribution in [0.25, 0.3) is 0 Å². The molecule has 0 aromatic heterocycles. The summed E-state index contributed by atoms with van der Waals surface area (Å²) in [5, 5.41) is 7.49. The van der Waals surface area contributed by atoms with Gasteiger partial charge < -0.3 is 20.3 Å². The summed E-state index contributed by atoms with van der Waals surface area (Å²) in [5.74, 6) is 0.556. The third-order valence-corrected chi connectivity index (χ3v) is 5.50. The first-order chi connectivity index (χ1) is 12.6. The SMILES string of the molecule is COC(=O)CCN1C=CN(C2CCC(c3ccc(C(=N)N)cc3)CC2)C1. The van der Waals surface area contributed by atoms with E-state index < -0.39 is 0 Å². The number of nitrogen functional groups attached to an aromatic ring is 1. The van der Waals surface area contributed by atoms with Gasteiger partial charge in [0.2, 0.25) is 0 Å². The van der Waals surface area contributed by atoms with Gasteiger partial charge in [0.05, 0.1) is 20.2 Å². The van der Waals surface area contributed by atoms with E-state index >= 15 is 0 Å². The molecule has 1 aromatic rings. The number of rotatable bonds is 6. The highest BCUT2D eigenvalue weighted by atomic mass is 16.5. The van der Waals surface area contributed by atoms with Crippen LogP contribution in [0.15, 0.2) is 36.7 Å². The third-order valence-electron chi connectivity index (χ3n) is 5.50. The van der Waals surface area contributed by atoms with E-state index in [0.717, 1.165) is 12.2 Å². The topological polar surface area (TPSA) is 82.7 Å². The molecule has 0 atom stereocenters. The lowest BCUT2D eigenvalue weighted by Crippen LogP contribution is -2.36. The summed E-state index contributed by atoms with van der Waals surface area (Å²) < 4.78 is 4.71. The van der Waals surface area contributed by atoms with Crippen LogP contribution in [-0.4, -0.2) is 48.0 Å². The highest BCUT2D eigenvalue weighted by molar-refractivity contribution is 5.94. The van der Waals surface area contributed by atoms with Crippen molar-refractivity contribution in [3.05, 3.63) is 47.8 Å². The molecule has 0 amide bonds. The molecule has 0 unspecified atom stereocenters. The molecule has 1 heterocycles. The first-order valence-corrected chi connectivity index (χ1v) is 9.26. The molecule has 140 valence electrons. The maximum absolute atomic E-state index is 11.3. The van der Waals surface area contributed by atoms with Crippen LogP contribution >= 0.6 is 0 Å². The molecule has 0 spiro atoms. The van der Waals surface area contributed by atoms with Gasteiger partial charge in [-0.15, -0.1) is 0 Å². The molecule has 1 saturated carbocycles. The normalized spacial score (nSPS) is 22.5. The van der Waals surface area contributed by atoms with Crippen LogP contribution in [0.4, 0.5) is 0 Å². The Balaban J connectivity index is 1.46. The summed E-state index contributed by atoms with van der Waals surface area (Å²) in [6, 6.07) is 8.71. The lowest BCUT2D eigenvalue weighted by Gasteiger charge is -2.35. The maximum Gasteiger partial charge on any atom is 0.307 e. The Labute approximate surface area is 155 Å². The number of carbonyl (C=O) groups excluding carboxylic acids is 1. The van der Waals surface area contributed by atoms with E-state index in [-0.39, 0.29) is 11.8 Å². The summed E-state index contributed by atoms with van der Waals surface area (Å²) in [6.07, 6.45) is 9.37. The zero-order valence-electron chi connectivity index (χ0n) is 15.4. The van der Waals surface area contributed by atoms with Crippen molar-refractivity contribution >= 4 is 11.8 Å². The summed E-state index contributed by atoms with van der Waals surface area (Å²) in [6.45, 7) is 1.57. The van der Waals surface area contributed by atoms with Gasteiger partial charge in [0.1, 0.15) is 5.84 Å². The van der Waals surface area contributed by atoms with Crippen molar-refractivity contribution in [3.8, 4) is 0 Å². The van der Waals surface area contributed by atoms with E-state index in [1.54, 1.807) is 0 Å². The number of benzene rings is 1. The maximum atomic E-state index is 11.3. The number of nitrogens with one attached hydrogen (secondary N) is 1. The Bertz CT molecular complexity index is 663. The molecule has 6 heteroatoms. The van der Waals surface area contributed by atoms with Crippen molar-refractivity contribution < 1.29 is 9.53 Å². The average Bonchev–Trinajstić information content (AvgIpc) is 3.15. The number of hydrogen-bond donors (Lipinski definition) is 2. The zero-order valence-corrected chi connectivity index (χ0v) is 15.4. The predicted molar refractivity (Wildman–Crippen MR) is 102 cm³/mol. The zero-order chi connectivity index (χ0) is 18.5. The molecule has 3 rings (SSSR count). The largest absolute Gasteiger partial charge is 0.469 e. The Kier molecular flexibility index (Phi) is 5.81. The van der Waals surface area contributed by atoms with Gasteiger partial charge in [0.25, 0.3) is 0 Å². The number of carbonyl (C=O) groups is 1. The van der Waals surface area contributed by atoms with Gasteiger partial charge in [-0.2, -0.15) is 0 Å². The van der Waals surface area contributed by atoms with Gasteiger partial charge in [-0.25, -0.2) is 0 Å². The summed E-state index contributed by atoms with van der Waals surface area (Å²) in [5.41, 5.74) is 7.67. The Morgan fingerprint density at radius 2 is 1.88 bits per heavy atom. The lowest BCUT2D eigenvalue weighted by molar-refractivity contribution is -0.140. The van der Waals surface area contributed by atoms with Crippen LogP contribution in [0.3, 0.4) is 0 Å². The van der Waals surface area contributed by atoms with Crippen molar-refractivity contribution in [2.45, 2.75) is 44.1 Å². The van der Waals surface area contributed by atoms with Crippen LogP contribution in [0.1, 0.15) is 49.1 Å². The fraction of sp³-hybridized carbons (Fsp3) is 0.500. The van der Waals surface area contributed by atoms with Gasteiger partial charge in [-0.05, 0) is 37.2 Å². The Hall–Kier alpha value is -2.50. The molecule has 2 aliphatic rings. The molecule has 0 saturated heterocycles. The highest BCUT2D eigenvalue weighted by Gasteiger charge is 2.27. The molecule has 6 nitrogen and oxygen atoms in total. The van der Waals surface area contributed by atoms with E-state index in [2.05, 4.69) is 34.3 Å². The number of amidine groups is 1. The molecule has 1 aromatic carbocycles. The van der Waals surface area contributed by atoms with Crippen LogP contribution in [0.2, 0.25) is 0 Å². The number of ether oxygens (including phenoxy) is 1. The molecular weight excluding hydrogens is 328 g/mol. The second-order valence-corrected chi connectivity index (χ2v) is 7.13. The number of nitrogens with zero attached hydrogens (tertiary/aromatic N) is 2. The van der Waals surface area contributed by atoms with Gasteiger partial charge in [-0.3, -0.25) is 10.2 Å². The molecule has 3 N–H and O–H groups in total. The lowest BCUT2D eigenvalue weighted by atomic mass is 9.81. The van der Waals surface area contributed by atoms with Crippen molar-refractivity contribution in [2.24, 2.45) is 5.73 Å². The average molecular weight is 356 g/mol. The monoisotopic (exact) mass is 356 g/mol. The number of hydrogen-bond acceptors (Lipinski definition) is 5. The minimum atomic E-state index is -0.159. The summed E-state index contributed by atoms with van der Waals surface area (Å²) in [4.78, 5) is 15.8. The van der Waals surface area contributed by atoms with Crippen LogP contribution < -0.4 is 5.73 Å². The highest BCUT2D eigenvalue weighted by Crippen LogP contribution is 2.35.